The van der Waals surface area contributed by atoms with E-state index in [2.05, 4.69) is 122 Å². The van der Waals surface area contributed by atoms with Crippen LogP contribution in [0.25, 0.3) is 5.57 Å². The van der Waals surface area contributed by atoms with Crippen LogP contribution >= 0.6 is 0 Å². The van der Waals surface area contributed by atoms with Gasteiger partial charge >= 0.3 is 0 Å². The van der Waals surface area contributed by atoms with Gasteiger partial charge in [0.2, 0.25) is 0 Å². The van der Waals surface area contributed by atoms with Crippen molar-refractivity contribution < 1.29 is 4.79 Å². The van der Waals surface area contributed by atoms with Gasteiger partial charge < -0.3 is 4.90 Å². The van der Waals surface area contributed by atoms with Crippen molar-refractivity contribution in [1.29, 1.82) is 0 Å². The van der Waals surface area contributed by atoms with Gasteiger partial charge in [0.15, 0.2) is 5.78 Å². The minimum atomic E-state index is -0.771. The molecular formula is C33H29NO. The van der Waals surface area contributed by atoms with E-state index >= 15 is 0 Å². The van der Waals surface area contributed by atoms with Gasteiger partial charge in [0.25, 0.3) is 0 Å². The van der Waals surface area contributed by atoms with Crippen molar-refractivity contribution in [2.24, 2.45) is 5.41 Å². The molecule has 2 aliphatic carbocycles. The van der Waals surface area contributed by atoms with Crippen LogP contribution in [-0.4, -0.2) is 5.78 Å². The summed E-state index contributed by atoms with van der Waals surface area (Å²) in [4.78, 5) is 17.0. The normalized spacial score (nSPS) is 25.2. The summed E-state index contributed by atoms with van der Waals surface area (Å²) in [6, 6.07) is 29.9. The summed E-state index contributed by atoms with van der Waals surface area (Å²) in [5, 5.41) is 0. The highest BCUT2D eigenvalue weighted by Gasteiger charge is 2.70. The van der Waals surface area contributed by atoms with Crippen molar-refractivity contribution in [1.82, 2.24) is 0 Å². The van der Waals surface area contributed by atoms with E-state index in [4.69, 9.17) is 0 Å². The van der Waals surface area contributed by atoms with Crippen LogP contribution in [0.2, 0.25) is 0 Å². The first-order valence-corrected chi connectivity index (χ1v) is 12.3. The standard InChI is InChI=1S/C33H29NO/c1-23-19-21-27(22-20-23)34-29-18-12-6-11-17-28(29)32(3)31(35)24(2)30(25-13-7-4-8-14-25)33(32,34)26-15-9-5-10-16-26/h4-17,19-22H,18H2,1-3H3/t32-,33+/m0/s1. The molecule has 172 valence electrons. The highest BCUT2D eigenvalue weighted by molar-refractivity contribution is 6.18. The Labute approximate surface area is 207 Å². The van der Waals surface area contributed by atoms with Crippen LogP contribution in [-0.2, 0) is 10.3 Å². The van der Waals surface area contributed by atoms with Crippen LogP contribution < -0.4 is 4.90 Å². The van der Waals surface area contributed by atoms with Crippen molar-refractivity contribution in [3.8, 4) is 0 Å². The lowest BCUT2D eigenvalue weighted by Crippen LogP contribution is -2.52. The molecule has 0 saturated heterocycles. The SMILES string of the molecule is CC1=C(c2ccccc2)[C@@]2(c3ccccc3)N(c3ccc(C)cc3)C3=C(C=CC=CC3)[C@@]2(C)C1=O. The fourth-order valence-corrected chi connectivity index (χ4v) is 6.63. The van der Waals surface area contributed by atoms with Gasteiger partial charge in [-0.2, -0.15) is 0 Å². The number of carbonyl (C=O) groups is 1. The first-order valence-electron chi connectivity index (χ1n) is 12.3. The number of rotatable bonds is 3. The second-order valence-corrected chi connectivity index (χ2v) is 9.92. The third kappa shape index (κ3) is 2.74. The zero-order valence-electron chi connectivity index (χ0n) is 20.5. The van der Waals surface area contributed by atoms with Crippen molar-refractivity contribution in [2.75, 3.05) is 4.90 Å². The largest absolute Gasteiger partial charge is 0.329 e. The van der Waals surface area contributed by atoms with E-state index < -0.39 is 11.0 Å². The lowest BCUT2D eigenvalue weighted by molar-refractivity contribution is -0.122. The van der Waals surface area contributed by atoms with Crippen LogP contribution in [0, 0.1) is 12.3 Å². The van der Waals surface area contributed by atoms with E-state index in [1.807, 2.05) is 13.0 Å². The van der Waals surface area contributed by atoms with Crippen molar-refractivity contribution >= 4 is 17.0 Å². The maximum atomic E-state index is 14.5. The number of nitrogens with zero attached hydrogens (tertiary/aromatic N) is 1. The molecule has 0 saturated carbocycles. The lowest BCUT2D eigenvalue weighted by atomic mass is 9.62. The molecular weight excluding hydrogens is 426 g/mol. The van der Waals surface area contributed by atoms with Crippen LogP contribution in [0.4, 0.5) is 5.69 Å². The second kappa shape index (κ2) is 7.81. The first kappa shape index (κ1) is 21.6. The zero-order valence-corrected chi connectivity index (χ0v) is 20.5. The molecule has 0 unspecified atom stereocenters. The molecule has 1 heterocycles. The van der Waals surface area contributed by atoms with E-state index in [0.29, 0.717) is 0 Å². The number of fused-ring (bicyclic) bond motifs is 2. The summed E-state index contributed by atoms with van der Waals surface area (Å²) in [6.45, 7) is 6.30. The second-order valence-electron chi connectivity index (χ2n) is 9.92. The van der Waals surface area contributed by atoms with Gasteiger partial charge in [-0.25, -0.2) is 0 Å². The van der Waals surface area contributed by atoms with E-state index in [0.717, 1.165) is 40.0 Å². The third-order valence-corrected chi connectivity index (χ3v) is 8.08. The number of allylic oxidation sites excluding steroid dienone is 5. The first-order chi connectivity index (χ1) is 17.0. The smallest absolute Gasteiger partial charge is 0.172 e. The van der Waals surface area contributed by atoms with Gasteiger partial charge in [0, 0.05) is 17.8 Å². The Morgan fingerprint density at radius 3 is 2.14 bits per heavy atom. The fraction of sp³-hybridized carbons (Fsp3) is 0.182. The molecule has 2 heteroatoms. The number of benzene rings is 3. The molecule has 2 atom stereocenters. The number of Topliss-reactive ketones (excluding diaryl/α,β-unsaturated/α-hetero) is 1. The minimum Gasteiger partial charge on any atom is -0.329 e. The van der Waals surface area contributed by atoms with Gasteiger partial charge in [-0.1, -0.05) is 103 Å². The van der Waals surface area contributed by atoms with Crippen LogP contribution in [0.5, 0.6) is 0 Å². The Hall–Kier alpha value is -3.91. The average molecular weight is 456 g/mol. The number of carbonyl (C=O) groups excluding carboxylic acids is 1. The minimum absolute atomic E-state index is 0.203. The molecule has 0 N–H and O–H groups in total. The predicted molar refractivity (Wildman–Crippen MR) is 144 cm³/mol. The highest BCUT2D eigenvalue weighted by Crippen LogP contribution is 2.69. The summed E-state index contributed by atoms with van der Waals surface area (Å²) >= 11 is 0. The molecule has 0 spiro atoms. The third-order valence-electron chi connectivity index (χ3n) is 8.08. The maximum absolute atomic E-state index is 14.5. The number of aryl methyl sites for hydroxylation is 1. The van der Waals surface area contributed by atoms with Crippen LogP contribution in [0.1, 0.15) is 37.0 Å². The quantitative estimate of drug-likeness (QED) is 0.406. The summed E-state index contributed by atoms with van der Waals surface area (Å²) < 4.78 is 0. The number of anilines is 1. The summed E-state index contributed by atoms with van der Waals surface area (Å²) in [5.41, 5.74) is 7.34. The van der Waals surface area contributed by atoms with E-state index in [-0.39, 0.29) is 5.78 Å². The van der Waals surface area contributed by atoms with E-state index in [1.165, 1.54) is 11.3 Å². The topological polar surface area (TPSA) is 20.3 Å². The monoisotopic (exact) mass is 455 g/mol. The Bertz CT molecular complexity index is 1440. The molecule has 6 rings (SSSR count). The maximum Gasteiger partial charge on any atom is 0.172 e. The molecule has 0 amide bonds. The molecule has 0 radical (unpaired) electrons. The van der Waals surface area contributed by atoms with Crippen molar-refractivity contribution in [3.05, 3.63) is 143 Å². The molecule has 3 aromatic rings. The zero-order chi connectivity index (χ0) is 24.2. The van der Waals surface area contributed by atoms with Crippen molar-refractivity contribution in [2.45, 2.75) is 32.7 Å². The van der Waals surface area contributed by atoms with Gasteiger partial charge in [-0.3, -0.25) is 4.79 Å². The lowest BCUT2D eigenvalue weighted by Gasteiger charge is -2.48. The Morgan fingerprint density at radius 1 is 0.800 bits per heavy atom. The van der Waals surface area contributed by atoms with Gasteiger partial charge in [0.1, 0.15) is 5.54 Å². The van der Waals surface area contributed by atoms with Gasteiger partial charge in [0.05, 0.1) is 5.41 Å². The molecule has 0 fully saturated rings. The highest BCUT2D eigenvalue weighted by atomic mass is 16.1. The van der Waals surface area contributed by atoms with E-state index in [9.17, 15) is 4.79 Å². The molecule has 3 aliphatic rings. The number of ketones is 1. The van der Waals surface area contributed by atoms with Crippen LogP contribution in [0.3, 0.4) is 0 Å². The molecule has 0 aromatic heterocycles. The predicted octanol–water partition coefficient (Wildman–Crippen LogP) is 7.54. The summed E-state index contributed by atoms with van der Waals surface area (Å²) in [7, 11) is 0. The van der Waals surface area contributed by atoms with Crippen molar-refractivity contribution in [3.63, 3.8) is 0 Å². The molecule has 2 nitrogen and oxygen atoms in total. The fourth-order valence-electron chi connectivity index (χ4n) is 6.63. The molecule has 1 aliphatic heterocycles. The molecule has 35 heavy (non-hydrogen) atoms. The number of hydrogen-bond donors (Lipinski definition) is 0. The summed E-state index contributed by atoms with van der Waals surface area (Å²) in [5.74, 6) is 0.203. The van der Waals surface area contributed by atoms with Gasteiger partial charge in [-0.05, 0) is 60.8 Å². The molecule has 3 aromatic carbocycles. The molecule has 0 bridgehead atoms. The Balaban J connectivity index is 1.78. The Kier molecular flexibility index (Phi) is 4.82. The Morgan fingerprint density at radius 2 is 1.46 bits per heavy atom. The number of hydrogen-bond acceptors (Lipinski definition) is 2. The van der Waals surface area contributed by atoms with Gasteiger partial charge in [-0.15, -0.1) is 0 Å². The van der Waals surface area contributed by atoms with Crippen LogP contribution in [0.15, 0.2) is 126 Å². The average Bonchev–Trinajstić information content (AvgIpc) is 3.07. The summed E-state index contributed by atoms with van der Waals surface area (Å²) in [6.07, 6.45) is 9.33. The van der Waals surface area contributed by atoms with E-state index in [1.54, 1.807) is 0 Å².